The SMILES string of the molecule is CNc1cccc(-c2ccccc2Oc2ncc3cnccc3n2)c1. The maximum atomic E-state index is 5.98. The van der Waals surface area contributed by atoms with Gasteiger partial charge in [0.05, 0.1) is 5.52 Å². The van der Waals surface area contributed by atoms with Gasteiger partial charge in [-0.25, -0.2) is 4.98 Å². The minimum atomic E-state index is 0.316. The number of anilines is 1. The Labute approximate surface area is 145 Å². The lowest BCUT2D eigenvalue weighted by Gasteiger charge is -2.11. The molecule has 25 heavy (non-hydrogen) atoms. The van der Waals surface area contributed by atoms with E-state index in [1.165, 1.54) is 0 Å². The summed E-state index contributed by atoms with van der Waals surface area (Å²) in [6.07, 6.45) is 5.15. The number of nitrogens with one attached hydrogen (secondary N) is 1. The van der Waals surface area contributed by atoms with Gasteiger partial charge in [-0.15, -0.1) is 0 Å². The van der Waals surface area contributed by atoms with Crippen LogP contribution in [0, 0.1) is 0 Å². The molecule has 4 aromatic rings. The molecule has 0 spiro atoms. The second-order valence-corrected chi connectivity index (χ2v) is 5.52. The van der Waals surface area contributed by atoms with Gasteiger partial charge in [0.25, 0.3) is 0 Å². The van der Waals surface area contributed by atoms with Crippen molar-refractivity contribution in [2.24, 2.45) is 0 Å². The molecule has 0 bridgehead atoms. The summed E-state index contributed by atoms with van der Waals surface area (Å²) in [7, 11) is 1.90. The van der Waals surface area contributed by atoms with E-state index in [1.807, 2.05) is 49.5 Å². The molecule has 0 radical (unpaired) electrons. The summed E-state index contributed by atoms with van der Waals surface area (Å²) in [6.45, 7) is 0. The predicted molar refractivity (Wildman–Crippen MR) is 98.8 cm³/mol. The number of hydrogen-bond donors (Lipinski definition) is 1. The van der Waals surface area contributed by atoms with Crippen molar-refractivity contribution in [1.82, 2.24) is 15.0 Å². The van der Waals surface area contributed by atoms with E-state index >= 15 is 0 Å². The Morgan fingerprint density at radius 1 is 0.960 bits per heavy atom. The normalized spacial score (nSPS) is 10.6. The summed E-state index contributed by atoms with van der Waals surface area (Å²) < 4.78 is 5.98. The molecule has 2 heterocycles. The van der Waals surface area contributed by atoms with Crippen molar-refractivity contribution >= 4 is 16.6 Å². The highest BCUT2D eigenvalue weighted by atomic mass is 16.5. The summed E-state index contributed by atoms with van der Waals surface area (Å²) in [5, 5.41) is 4.03. The van der Waals surface area contributed by atoms with Crippen LogP contribution in [0.15, 0.2) is 73.2 Å². The van der Waals surface area contributed by atoms with E-state index in [9.17, 15) is 0 Å². The van der Waals surface area contributed by atoms with Crippen LogP contribution in [-0.4, -0.2) is 22.0 Å². The summed E-state index contributed by atoms with van der Waals surface area (Å²) in [5.74, 6) is 0.712. The molecular formula is C20H16N4O. The van der Waals surface area contributed by atoms with Crippen LogP contribution in [0.4, 0.5) is 5.69 Å². The van der Waals surface area contributed by atoms with Gasteiger partial charge in [0.2, 0.25) is 0 Å². The van der Waals surface area contributed by atoms with E-state index in [0.717, 1.165) is 27.7 Å². The fourth-order valence-electron chi connectivity index (χ4n) is 2.64. The zero-order valence-electron chi connectivity index (χ0n) is 13.7. The lowest BCUT2D eigenvalue weighted by Crippen LogP contribution is -1.95. The molecule has 0 fully saturated rings. The largest absolute Gasteiger partial charge is 0.424 e. The number of ether oxygens (including phenoxy) is 1. The van der Waals surface area contributed by atoms with E-state index < -0.39 is 0 Å². The zero-order chi connectivity index (χ0) is 17.1. The molecule has 0 saturated heterocycles. The van der Waals surface area contributed by atoms with E-state index in [2.05, 4.69) is 32.4 Å². The van der Waals surface area contributed by atoms with Crippen molar-refractivity contribution in [2.75, 3.05) is 12.4 Å². The Balaban J connectivity index is 1.72. The van der Waals surface area contributed by atoms with Crippen molar-refractivity contribution in [3.8, 4) is 22.9 Å². The third-order valence-electron chi connectivity index (χ3n) is 3.91. The lowest BCUT2D eigenvalue weighted by molar-refractivity contribution is 0.446. The molecule has 0 atom stereocenters. The first kappa shape index (κ1) is 15.1. The second kappa shape index (κ2) is 6.57. The molecule has 0 amide bonds. The van der Waals surface area contributed by atoms with Gasteiger partial charge < -0.3 is 10.1 Å². The van der Waals surface area contributed by atoms with Crippen LogP contribution in [0.25, 0.3) is 22.0 Å². The fourth-order valence-corrected chi connectivity index (χ4v) is 2.64. The zero-order valence-corrected chi connectivity index (χ0v) is 13.7. The minimum Gasteiger partial charge on any atom is -0.424 e. The molecule has 0 aliphatic rings. The van der Waals surface area contributed by atoms with Gasteiger partial charge in [-0.3, -0.25) is 4.98 Å². The van der Waals surface area contributed by atoms with Gasteiger partial charge in [0, 0.05) is 42.3 Å². The number of nitrogens with zero attached hydrogens (tertiary/aromatic N) is 3. The first-order valence-corrected chi connectivity index (χ1v) is 7.95. The average Bonchev–Trinajstić information content (AvgIpc) is 2.68. The van der Waals surface area contributed by atoms with Gasteiger partial charge >= 0.3 is 6.01 Å². The van der Waals surface area contributed by atoms with Crippen LogP contribution in [-0.2, 0) is 0 Å². The van der Waals surface area contributed by atoms with Gasteiger partial charge in [0.1, 0.15) is 5.75 Å². The maximum Gasteiger partial charge on any atom is 0.322 e. The summed E-state index contributed by atoms with van der Waals surface area (Å²) >= 11 is 0. The number of fused-ring (bicyclic) bond motifs is 1. The smallest absolute Gasteiger partial charge is 0.322 e. The molecule has 5 heteroatoms. The third-order valence-corrected chi connectivity index (χ3v) is 3.91. The first-order valence-electron chi connectivity index (χ1n) is 7.95. The fraction of sp³-hybridized carbons (Fsp3) is 0.0500. The number of rotatable bonds is 4. The van der Waals surface area contributed by atoms with Crippen LogP contribution < -0.4 is 10.1 Å². The average molecular weight is 328 g/mol. The number of hydrogen-bond acceptors (Lipinski definition) is 5. The second-order valence-electron chi connectivity index (χ2n) is 5.52. The van der Waals surface area contributed by atoms with Crippen LogP contribution in [0.2, 0.25) is 0 Å². The summed E-state index contributed by atoms with van der Waals surface area (Å²) in [5.41, 5.74) is 3.89. The topological polar surface area (TPSA) is 59.9 Å². The highest BCUT2D eigenvalue weighted by Gasteiger charge is 2.09. The van der Waals surface area contributed by atoms with E-state index in [-0.39, 0.29) is 0 Å². The van der Waals surface area contributed by atoms with Crippen LogP contribution in [0.1, 0.15) is 0 Å². The minimum absolute atomic E-state index is 0.316. The van der Waals surface area contributed by atoms with Gasteiger partial charge in [-0.2, -0.15) is 4.98 Å². The molecule has 1 N–H and O–H groups in total. The van der Waals surface area contributed by atoms with Crippen LogP contribution in [0.3, 0.4) is 0 Å². The molecular weight excluding hydrogens is 312 g/mol. The molecule has 4 rings (SSSR count). The highest BCUT2D eigenvalue weighted by Crippen LogP contribution is 2.33. The van der Waals surface area contributed by atoms with Crippen LogP contribution in [0.5, 0.6) is 11.8 Å². The van der Waals surface area contributed by atoms with Gasteiger partial charge in [0.15, 0.2) is 0 Å². The highest BCUT2D eigenvalue weighted by molar-refractivity contribution is 5.77. The van der Waals surface area contributed by atoms with Gasteiger partial charge in [-0.05, 0) is 29.8 Å². The summed E-state index contributed by atoms with van der Waals surface area (Å²) in [4.78, 5) is 12.8. The molecule has 2 aromatic heterocycles. The van der Waals surface area contributed by atoms with Crippen molar-refractivity contribution in [3.63, 3.8) is 0 Å². The quantitative estimate of drug-likeness (QED) is 0.596. The Hall–Kier alpha value is -3.47. The maximum absolute atomic E-state index is 5.98. The van der Waals surface area contributed by atoms with Crippen molar-refractivity contribution in [2.45, 2.75) is 0 Å². The molecule has 5 nitrogen and oxygen atoms in total. The Morgan fingerprint density at radius 3 is 2.80 bits per heavy atom. The van der Waals surface area contributed by atoms with Crippen molar-refractivity contribution in [1.29, 1.82) is 0 Å². The molecule has 0 aliphatic heterocycles. The first-order chi connectivity index (χ1) is 12.3. The molecule has 2 aromatic carbocycles. The van der Waals surface area contributed by atoms with Crippen LogP contribution >= 0.6 is 0 Å². The Kier molecular flexibility index (Phi) is 3.96. The van der Waals surface area contributed by atoms with Crippen molar-refractivity contribution in [3.05, 3.63) is 73.2 Å². The third kappa shape index (κ3) is 3.12. The van der Waals surface area contributed by atoms with E-state index in [0.29, 0.717) is 11.8 Å². The lowest BCUT2D eigenvalue weighted by atomic mass is 10.0. The van der Waals surface area contributed by atoms with E-state index in [1.54, 1.807) is 18.6 Å². The summed E-state index contributed by atoms with van der Waals surface area (Å²) in [6, 6.07) is 18.2. The number of para-hydroxylation sites is 1. The Bertz CT molecular complexity index is 1030. The molecule has 0 unspecified atom stereocenters. The number of pyridine rings is 1. The number of aromatic nitrogens is 3. The predicted octanol–water partition coefficient (Wildman–Crippen LogP) is 4.53. The van der Waals surface area contributed by atoms with E-state index in [4.69, 9.17) is 4.74 Å². The standard InChI is InChI=1S/C20H16N4O/c1-21-16-6-4-5-14(11-16)17-7-2-3-8-19(17)25-20-23-13-15-12-22-10-9-18(15)24-20/h2-13,21H,1H3. The van der Waals surface area contributed by atoms with Crippen molar-refractivity contribution < 1.29 is 4.74 Å². The van der Waals surface area contributed by atoms with Gasteiger partial charge in [-0.1, -0.05) is 30.3 Å². The molecule has 0 aliphatic carbocycles. The molecule has 0 saturated carbocycles. The number of benzene rings is 2. The molecule has 122 valence electrons. The Morgan fingerprint density at radius 2 is 1.88 bits per heavy atom. The monoisotopic (exact) mass is 328 g/mol.